The van der Waals surface area contributed by atoms with Gasteiger partial charge in [-0.2, -0.15) is 0 Å². The van der Waals surface area contributed by atoms with Crippen molar-refractivity contribution in [2.45, 2.75) is 27.1 Å². The van der Waals surface area contributed by atoms with Crippen LogP contribution in [0.4, 0.5) is 0 Å². The van der Waals surface area contributed by atoms with Crippen LogP contribution in [0.3, 0.4) is 0 Å². The Balaban J connectivity index is 1.99. The lowest BCUT2D eigenvalue weighted by molar-refractivity contribution is -0.660. The molecule has 0 fully saturated rings. The molecule has 25 heavy (non-hydrogen) atoms. The van der Waals surface area contributed by atoms with Crippen molar-refractivity contribution < 1.29 is 11.7 Å². The molecular formula is C22H23N2O+. The predicted octanol–water partition coefficient (Wildman–Crippen LogP) is 4.98. The molecule has 0 radical (unpaired) electrons. The summed E-state index contributed by atoms with van der Waals surface area (Å²) in [5.74, 6) is -0.0996. The first kappa shape index (κ1) is 13.6. The van der Waals surface area contributed by atoms with E-state index in [1.165, 1.54) is 0 Å². The van der Waals surface area contributed by atoms with Crippen LogP contribution in [0.25, 0.3) is 33.3 Å². The molecule has 0 unspecified atom stereocenters. The van der Waals surface area contributed by atoms with E-state index in [0.29, 0.717) is 11.3 Å². The van der Waals surface area contributed by atoms with Crippen LogP contribution in [-0.2, 0) is 13.4 Å². The Morgan fingerprint density at radius 1 is 1.20 bits per heavy atom. The second kappa shape index (κ2) is 5.99. The number of nitrogens with zero attached hydrogens (tertiary/aromatic N) is 2. The number of aryl methyl sites for hydroxylation is 2. The third-order valence-corrected chi connectivity index (χ3v) is 4.47. The van der Waals surface area contributed by atoms with E-state index in [1.807, 2.05) is 62.0 Å². The van der Waals surface area contributed by atoms with Gasteiger partial charge in [0.25, 0.3) is 0 Å². The monoisotopic (exact) mass is 333 g/mol. The first-order valence-electron chi connectivity index (χ1n) is 9.58. The van der Waals surface area contributed by atoms with Gasteiger partial charge in [-0.05, 0) is 49.0 Å². The second-order valence-corrected chi connectivity index (χ2v) is 6.80. The molecule has 0 aliphatic carbocycles. The van der Waals surface area contributed by atoms with Crippen LogP contribution in [0.2, 0.25) is 0 Å². The minimum Gasteiger partial charge on any atom is -0.438 e. The van der Waals surface area contributed by atoms with Gasteiger partial charge in [0.15, 0.2) is 6.20 Å². The topological polar surface area (TPSA) is 29.9 Å². The number of hydrogen-bond donors (Lipinski definition) is 0. The van der Waals surface area contributed by atoms with Gasteiger partial charge in [-0.15, -0.1) is 0 Å². The van der Waals surface area contributed by atoms with E-state index in [2.05, 4.69) is 18.0 Å². The summed E-state index contributed by atoms with van der Waals surface area (Å²) < 4.78 is 24.7. The molecular weight excluding hydrogens is 308 g/mol. The molecule has 4 aromatic rings. The van der Waals surface area contributed by atoms with Crippen molar-refractivity contribution in [2.24, 2.45) is 13.0 Å². The van der Waals surface area contributed by atoms with E-state index >= 15 is 0 Å². The first-order valence-corrected chi connectivity index (χ1v) is 8.58. The molecule has 1 aromatic carbocycles. The molecule has 0 saturated heterocycles. The average molecular weight is 333 g/mol. The summed E-state index contributed by atoms with van der Waals surface area (Å²) in [6.07, 6.45) is 2.26. The fourth-order valence-electron chi connectivity index (χ4n) is 3.42. The van der Waals surface area contributed by atoms with Crippen LogP contribution in [0.1, 0.15) is 27.7 Å². The van der Waals surface area contributed by atoms with E-state index in [4.69, 9.17) is 7.16 Å². The molecule has 0 spiro atoms. The predicted molar refractivity (Wildman–Crippen MR) is 101 cm³/mol. The fraction of sp³-hybridized carbons (Fsp3) is 0.273. The van der Waals surface area contributed by atoms with Gasteiger partial charge in [-0.3, -0.25) is 0 Å². The summed E-state index contributed by atoms with van der Waals surface area (Å²) in [6, 6.07) is 11.9. The lowest BCUT2D eigenvalue weighted by atomic mass is 9.97. The molecule has 4 rings (SSSR count). The van der Waals surface area contributed by atoms with E-state index in [-0.39, 0.29) is 5.92 Å². The molecule has 0 atom stereocenters. The average Bonchev–Trinajstić information content (AvgIpc) is 3.01. The minimum absolute atomic E-state index is 0.0996. The standard InChI is InChI=1S/C22H23N2O/c1-14(2)12-16-8-9-18(24(4)13-16)20-15(3)7-10-19-21(20)17-6-5-11-23-22(17)25-19/h5-11,13-14H,12H2,1-4H3/q+1/i12D2. The SMILES string of the molecule is [2H]C([2H])(c1ccc(-c2c(C)ccc3oc4ncccc4c23)[n+](C)c1)C(C)C. The molecule has 3 aromatic heterocycles. The lowest BCUT2D eigenvalue weighted by Crippen LogP contribution is -2.31. The lowest BCUT2D eigenvalue weighted by Gasteiger charge is -2.08. The zero-order chi connectivity index (χ0) is 19.3. The molecule has 3 heteroatoms. The van der Waals surface area contributed by atoms with Gasteiger partial charge < -0.3 is 4.42 Å². The molecule has 0 bridgehead atoms. The summed E-state index contributed by atoms with van der Waals surface area (Å²) in [5.41, 5.74) is 5.39. The highest BCUT2D eigenvalue weighted by atomic mass is 16.3. The molecule has 0 aliphatic heterocycles. The van der Waals surface area contributed by atoms with E-state index in [0.717, 1.165) is 33.2 Å². The maximum absolute atomic E-state index is 8.38. The summed E-state index contributed by atoms with van der Waals surface area (Å²) in [6.45, 7) is 5.90. The first-order chi connectivity index (χ1) is 12.8. The highest BCUT2D eigenvalue weighted by Gasteiger charge is 2.21. The van der Waals surface area contributed by atoms with Gasteiger partial charge in [-0.1, -0.05) is 19.9 Å². The van der Waals surface area contributed by atoms with Crippen LogP contribution in [0.5, 0.6) is 0 Å². The van der Waals surface area contributed by atoms with Crippen LogP contribution in [-0.4, -0.2) is 4.98 Å². The maximum atomic E-state index is 8.38. The number of fused-ring (bicyclic) bond motifs is 3. The van der Waals surface area contributed by atoms with Gasteiger partial charge in [0.2, 0.25) is 11.4 Å². The highest BCUT2D eigenvalue weighted by molar-refractivity contribution is 6.11. The Bertz CT molecular complexity index is 1160. The van der Waals surface area contributed by atoms with Gasteiger partial charge in [0.1, 0.15) is 12.6 Å². The summed E-state index contributed by atoms with van der Waals surface area (Å²) in [5, 5.41) is 2.04. The Morgan fingerprint density at radius 2 is 2.04 bits per heavy atom. The quantitative estimate of drug-likeness (QED) is 0.495. The Kier molecular flexibility index (Phi) is 3.26. The maximum Gasteiger partial charge on any atom is 0.227 e. The molecule has 0 aliphatic rings. The van der Waals surface area contributed by atoms with E-state index in [9.17, 15) is 0 Å². The molecule has 0 N–H and O–H groups in total. The number of pyridine rings is 2. The van der Waals surface area contributed by atoms with E-state index in [1.54, 1.807) is 6.20 Å². The smallest absolute Gasteiger partial charge is 0.227 e. The molecule has 3 nitrogen and oxygen atoms in total. The highest BCUT2D eigenvalue weighted by Crippen LogP contribution is 2.36. The van der Waals surface area contributed by atoms with Gasteiger partial charge >= 0.3 is 0 Å². The number of furan rings is 1. The van der Waals surface area contributed by atoms with E-state index < -0.39 is 6.37 Å². The van der Waals surface area contributed by atoms with Crippen LogP contribution in [0, 0.1) is 12.8 Å². The Hall–Kier alpha value is -2.68. The molecule has 0 saturated carbocycles. The fourth-order valence-corrected chi connectivity index (χ4v) is 3.42. The van der Waals surface area contributed by atoms with Crippen molar-refractivity contribution >= 4 is 22.1 Å². The van der Waals surface area contributed by atoms with Crippen LogP contribution < -0.4 is 4.57 Å². The van der Waals surface area contributed by atoms with Gasteiger partial charge in [0, 0.05) is 31.3 Å². The number of benzene rings is 1. The summed E-state index contributed by atoms with van der Waals surface area (Å²) >= 11 is 0. The van der Waals surface area contributed by atoms with Crippen molar-refractivity contribution in [3.05, 3.63) is 59.9 Å². The second-order valence-electron chi connectivity index (χ2n) is 6.80. The van der Waals surface area contributed by atoms with Gasteiger partial charge in [-0.25, -0.2) is 9.55 Å². The zero-order valence-corrected chi connectivity index (χ0v) is 15.0. The van der Waals surface area contributed by atoms with Crippen molar-refractivity contribution in [3.63, 3.8) is 0 Å². The Morgan fingerprint density at radius 3 is 2.80 bits per heavy atom. The summed E-state index contributed by atoms with van der Waals surface area (Å²) in [7, 11) is 1.97. The van der Waals surface area contributed by atoms with Crippen LogP contribution >= 0.6 is 0 Å². The Labute approximate surface area is 150 Å². The number of rotatable bonds is 3. The van der Waals surface area contributed by atoms with Crippen molar-refractivity contribution in [3.8, 4) is 11.3 Å². The van der Waals surface area contributed by atoms with Crippen molar-refractivity contribution in [1.82, 2.24) is 4.98 Å². The molecule has 3 heterocycles. The number of hydrogen-bond acceptors (Lipinski definition) is 2. The third kappa shape index (κ3) is 2.70. The van der Waals surface area contributed by atoms with Crippen molar-refractivity contribution in [1.29, 1.82) is 0 Å². The third-order valence-electron chi connectivity index (χ3n) is 4.47. The largest absolute Gasteiger partial charge is 0.438 e. The van der Waals surface area contributed by atoms with Gasteiger partial charge in [0.05, 0.1) is 5.56 Å². The summed E-state index contributed by atoms with van der Waals surface area (Å²) in [4.78, 5) is 4.35. The van der Waals surface area contributed by atoms with Crippen LogP contribution in [0.15, 0.2) is 53.2 Å². The zero-order valence-electron chi connectivity index (χ0n) is 17.0. The van der Waals surface area contributed by atoms with Crippen molar-refractivity contribution in [2.75, 3.05) is 0 Å². The number of aromatic nitrogens is 2. The minimum atomic E-state index is -1.37. The molecule has 0 amide bonds. The molecule has 126 valence electrons. The normalized spacial score (nSPS) is 13.5.